The third-order valence-electron chi connectivity index (χ3n) is 6.14. The molecule has 11 heteroatoms. The van der Waals surface area contributed by atoms with Crippen LogP contribution in [0.2, 0.25) is 0 Å². The van der Waals surface area contributed by atoms with Crippen LogP contribution in [0.5, 0.6) is 0 Å². The van der Waals surface area contributed by atoms with Crippen LogP contribution in [-0.4, -0.2) is 37.6 Å². The molecular weight excluding hydrogens is 444 g/mol. The van der Waals surface area contributed by atoms with Crippen molar-refractivity contribution in [1.29, 1.82) is 0 Å². The number of para-hydroxylation sites is 1. The first-order valence-corrected chi connectivity index (χ1v) is 10.5. The topological polar surface area (TPSA) is 144 Å². The van der Waals surface area contributed by atoms with Crippen molar-refractivity contribution in [3.8, 4) is 0 Å². The van der Waals surface area contributed by atoms with E-state index >= 15 is 0 Å². The molecule has 1 saturated heterocycles. The molecule has 174 valence electrons. The van der Waals surface area contributed by atoms with E-state index in [0.717, 1.165) is 16.1 Å². The Morgan fingerprint density at radius 3 is 2.32 bits per heavy atom. The molecule has 2 aromatic rings. The normalized spacial score (nSPS) is 21.3. The number of non-ortho nitro benzene ring substituents is 1. The van der Waals surface area contributed by atoms with Gasteiger partial charge in [-0.1, -0.05) is 43.3 Å². The molecule has 0 radical (unpaired) electrons. The smallest absolute Gasteiger partial charge is 0.272 e. The second-order valence-corrected chi connectivity index (χ2v) is 8.20. The number of imide groups is 1. The Bertz CT molecular complexity index is 1220. The highest BCUT2D eigenvalue weighted by Gasteiger charge is 2.53. The molecule has 0 bridgehead atoms. The zero-order valence-electron chi connectivity index (χ0n) is 18.1. The van der Waals surface area contributed by atoms with Crippen molar-refractivity contribution in [3.63, 3.8) is 0 Å². The molecule has 1 aliphatic heterocycles. The van der Waals surface area contributed by atoms with Gasteiger partial charge < -0.3 is 0 Å². The van der Waals surface area contributed by atoms with E-state index < -0.39 is 45.1 Å². The van der Waals surface area contributed by atoms with Gasteiger partial charge in [0, 0.05) is 18.2 Å². The Morgan fingerprint density at radius 2 is 1.71 bits per heavy atom. The van der Waals surface area contributed by atoms with Crippen molar-refractivity contribution in [1.82, 2.24) is 10.0 Å². The molecule has 0 unspecified atom stereocenters. The summed E-state index contributed by atoms with van der Waals surface area (Å²) < 4.78 is 0. The van der Waals surface area contributed by atoms with Crippen molar-refractivity contribution in [2.75, 3.05) is 0 Å². The minimum Gasteiger partial charge on any atom is -0.272 e. The minimum atomic E-state index is -0.897. The number of hydrazine groups is 1. The zero-order chi connectivity index (χ0) is 24.6. The number of hydrogen-bond acceptors (Lipinski definition) is 7. The lowest BCUT2D eigenvalue weighted by Gasteiger charge is -2.30. The number of nitrogens with zero attached hydrogens (tertiary/aromatic N) is 4. The standard InChI is InChI=1S/C23H20N4O7/c1-14-5-4-7-18-20(14)23(30)25(22(18)29)24(13-15-9-11-16(12-10-15)26(31)32)21(28)17-6-2-3-8-19(17)27(33)34/h2-6,8-12,14,18,20H,7,13H2,1H3/t14-,18+,20-/m1/s1. The maximum atomic E-state index is 13.6. The van der Waals surface area contributed by atoms with Crippen LogP contribution in [0.1, 0.15) is 29.3 Å². The first-order valence-electron chi connectivity index (χ1n) is 10.5. The van der Waals surface area contributed by atoms with E-state index in [2.05, 4.69) is 0 Å². The van der Waals surface area contributed by atoms with Crippen LogP contribution in [-0.2, 0) is 16.1 Å². The molecule has 1 fully saturated rings. The average Bonchev–Trinajstić information content (AvgIpc) is 3.08. The molecular formula is C23H20N4O7. The van der Waals surface area contributed by atoms with Crippen molar-refractivity contribution in [2.24, 2.45) is 17.8 Å². The molecule has 2 aliphatic rings. The van der Waals surface area contributed by atoms with Gasteiger partial charge in [-0.25, -0.2) is 5.01 Å². The predicted molar refractivity (Wildman–Crippen MR) is 118 cm³/mol. The highest BCUT2D eigenvalue weighted by atomic mass is 16.6. The lowest BCUT2D eigenvalue weighted by Crippen LogP contribution is -2.50. The highest BCUT2D eigenvalue weighted by molar-refractivity contribution is 6.08. The number of fused-ring (bicyclic) bond motifs is 1. The van der Waals surface area contributed by atoms with Gasteiger partial charge >= 0.3 is 0 Å². The van der Waals surface area contributed by atoms with Crippen LogP contribution in [0.25, 0.3) is 0 Å². The molecule has 11 nitrogen and oxygen atoms in total. The van der Waals surface area contributed by atoms with Crippen LogP contribution in [0.4, 0.5) is 11.4 Å². The van der Waals surface area contributed by atoms with E-state index in [0.29, 0.717) is 12.0 Å². The maximum Gasteiger partial charge on any atom is 0.282 e. The summed E-state index contributed by atoms with van der Waals surface area (Å²) in [5.74, 6) is -3.50. The molecule has 4 rings (SSSR count). The molecule has 3 amide bonds. The largest absolute Gasteiger partial charge is 0.282 e. The number of nitro benzene ring substituents is 2. The van der Waals surface area contributed by atoms with Crippen LogP contribution < -0.4 is 0 Å². The number of benzene rings is 2. The van der Waals surface area contributed by atoms with Gasteiger partial charge in [-0.3, -0.25) is 34.6 Å². The molecule has 3 atom stereocenters. The maximum absolute atomic E-state index is 13.6. The molecule has 0 saturated carbocycles. The third-order valence-corrected chi connectivity index (χ3v) is 6.14. The third kappa shape index (κ3) is 3.91. The number of rotatable bonds is 6. The molecule has 2 aromatic carbocycles. The Kier molecular flexibility index (Phi) is 5.93. The van der Waals surface area contributed by atoms with Gasteiger partial charge in [0.1, 0.15) is 5.56 Å². The van der Waals surface area contributed by atoms with Gasteiger partial charge in [0.25, 0.3) is 29.1 Å². The summed E-state index contributed by atoms with van der Waals surface area (Å²) in [5, 5.41) is 24.2. The van der Waals surface area contributed by atoms with E-state index in [4.69, 9.17) is 0 Å². The Balaban J connectivity index is 1.76. The van der Waals surface area contributed by atoms with Crippen LogP contribution >= 0.6 is 0 Å². The Labute approximate surface area is 193 Å². The van der Waals surface area contributed by atoms with Gasteiger partial charge in [0.2, 0.25) is 0 Å². The van der Waals surface area contributed by atoms with E-state index in [1.54, 1.807) is 0 Å². The number of carbonyl (C=O) groups excluding carboxylic acids is 3. The fourth-order valence-electron chi connectivity index (χ4n) is 4.45. The van der Waals surface area contributed by atoms with Crippen molar-refractivity contribution in [3.05, 3.63) is 92.0 Å². The summed E-state index contributed by atoms with van der Waals surface area (Å²) in [7, 11) is 0. The molecule has 34 heavy (non-hydrogen) atoms. The Hall–Kier alpha value is -4.41. The number of nitro groups is 2. The molecule has 0 aromatic heterocycles. The summed E-state index contributed by atoms with van der Waals surface area (Å²) in [6.07, 6.45) is 4.02. The van der Waals surface area contributed by atoms with Crippen molar-refractivity contribution >= 4 is 29.1 Å². The number of allylic oxidation sites excluding steroid dienone is 2. The van der Waals surface area contributed by atoms with Crippen molar-refractivity contribution in [2.45, 2.75) is 19.9 Å². The number of carbonyl (C=O) groups is 3. The SMILES string of the molecule is C[C@@H]1C=CC[C@@H]2C(=O)N(N(Cc3ccc([N+](=O)[O-])cc3)C(=O)c3ccccc3[N+](=O)[O-])C(=O)[C@H]12. The second kappa shape index (κ2) is 8.85. The van der Waals surface area contributed by atoms with Gasteiger partial charge in [-0.2, -0.15) is 5.01 Å². The molecule has 0 N–H and O–H groups in total. The van der Waals surface area contributed by atoms with Gasteiger partial charge in [-0.15, -0.1) is 0 Å². The van der Waals surface area contributed by atoms with Gasteiger partial charge in [0.05, 0.1) is 28.2 Å². The number of hydrogen-bond donors (Lipinski definition) is 0. The fourth-order valence-corrected chi connectivity index (χ4v) is 4.45. The van der Waals surface area contributed by atoms with Gasteiger partial charge in [-0.05, 0) is 24.0 Å². The quantitative estimate of drug-likeness (QED) is 0.276. The minimum absolute atomic E-state index is 0.167. The van der Waals surface area contributed by atoms with Crippen LogP contribution in [0.15, 0.2) is 60.7 Å². The van der Waals surface area contributed by atoms with E-state index in [9.17, 15) is 34.6 Å². The first kappa shape index (κ1) is 22.8. The summed E-state index contributed by atoms with van der Waals surface area (Å²) >= 11 is 0. The lowest BCUT2D eigenvalue weighted by atomic mass is 9.78. The summed E-state index contributed by atoms with van der Waals surface area (Å²) in [6, 6.07) is 10.6. The highest BCUT2D eigenvalue weighted by Crippen LogP contribution is 2.40. The van der Waals surface area contributed by atoms with E-state index in [1.807, 2.05) is 19.1 Å². The van der Waals surface area contributed by atoms with E-state index in [1.165, 1.54) is 42.5 Å². The number of amides is 3. The fraction of sp³-hybridized carbons (Fsp3) is 0.261. The molecule has 0 spiro atoms. The summed E-state index contributed by atoms with van der Waals surface area (Å²) in [5.41, 5.74) is -0.512. The lowest BCUT2D eigenvalue weighted by molar-refractivity contribution is -0.385. The summed E-state index contributed by atoms with van der Waals surface area (Å²) in [6.45, 7) is 1.52. The second-order valence-electron chi connectivity index (χ2n) is 8.20. The average molecular weight is 464 g/mol. The van der Waals surface area contributed by atoms with Gasteiger partial charge in [0.15, 0.2) is 0 Å². The van der Waals surface area contributed by atoms with Crippen LogP contribution in [0, 0.1) is 38.0 Å². The van der Waals surface area contributed by atoms with Crippen molar-refractivity contribution < 1.29 is 24.2 Å². The zero-order valence-corrected chi connectivity index (χ0v) is 18.1. The Morgan fingerprint density at radius 1 is 1.03 bits per heavy atom. The predicted octanol–water partition coefficient (Wildman–Crippen LogP) is 3.26. The summed E-state index contributed by atoms with van der Waals surface area (Å²) in [4.78, 5) is 61.4. The van der Waals surface area contributed by atoms with E-state index in [-0.39, 0.29) is 23.7 Å². The molecule has 1 aliphatic carbocycles. The van der Waals surface area contributed by atoms with Crippen LogP contribution in [0.3, 0.4) is 0 Å². The monoisotopic (exact) mass is 464 g/mol. The first-order chi connectivity index (χ1) is 16.2. The molecule has 1 heterocycles.